The molecule has 2 rings (SSSR count). The summed E-state index contributed by atoms with van der Waals surface area (Å²) in [5.41, 5.74) is 1.28. The fourth-order valence-electron chi connectivity index (χ4n) is 1.85. The summed E-state index contributed by atoms with van der Waals surface area (Å²) in [7, 11) is 0. The summed E-state index contributed by atoms with van der Waals surface area (Å²) in [5.74, 6) is -2.76. The number of rotatable bonds is 2. The van der Waals surface area contributed by atoms with Gasteiger partial charge in [0, 0.05) is 17.7 Å². The number of aliphatic carboxylic acids is 1. The molecule has 1 aliphatic rings. The lowest BCUT2D eigenvalue weighted by Crippen LogP contribution is -2.23. The van der Waals surface area contributed by atoms with Gasteiger partial charge in [-0.1, -0.05) is 12.1 Å². The van der Waals surface area contributed by atoms with Crippen LogP contribution >= 0.6 is 0 Å². The van der Waals surface area contributed by atoms with E-state index in [4.69, 9.17) is 5.11 Å². The zero-order valence-corrected chi connectivity index (χ0v) is 9.03. The number of fused-ring (bicyclic) bond motifs is 1. The van der Waals surface area contributed by atoms with Crippen LogP contribution in [0.5, 0.6) is 0 Å². The number of Topliss-reactive ketones (excluding diaryl/α,β-unsaturated/α-hetero) is 1. The van der Waals surface area contributed by atoms with Gasteiger partial charge in [-0.05, 0) is 24.5 Å². The summed E-state index contributed by atoms with van der Waals surface area (Å²) in [5, 5.41) is 11.3. The van der Waals surface area contributed by atoms with E-state index < -0.39 is 11.8 Å². The number of hydrogen-bond acceptors (Lipinski definition) is 3. The molecule has 0 aromatic heterocycles. The number of nitrogens with one attached hydrogen (secondary N) is 1. The minimum atomic E-state index is -1.51. The van der Waals surface area contributed by atoms with Crippen LogP contribution in [-0.4, -0.2) is 29.3 Å². The average molecular weight is 233 g/mol. The molecular weight excluding hydrogens is 222 g/mol. The van der Waals surface area contributed by atoms with Gasteiger partial charge in [0.15, 0.2) is 0 Å². The normalized spacial score (nSPS) is 14.5. The third-order valence-corrected chi connectivity index (χ3v) is 2.72. The highest BCUT2D eigenvalue weighted by molar-refractivity contribution is 6.40. The van der Waals surface area contributed by atoms with Crippen molar-refractivity contribution < 1.29 is 19.5 Å². The second-order valence-electron chi connectivity index (χ2n) is 3.87. The number of carboxylic acids is 1. The molecule has 0 fully saturated rings. The van der Waals surface area contributed by atoms with E-state index in [0.29, 0.717) is 12.1 Å². The smallest absolute Gasteiger partial charge is 0.377 e. The Morgan fingerprint density at radius 1 is 1.29 bits per heavy atom. The van der Waals surface area contributed by atoms with Crippen LogP contribution in [0.1, 0.15) is 32.7 Å². The zero-order chi connectivity index (χ0) is 12.4. The molecule has 0 atom stereocenters. The fourth-order valence-corrected chi connectivity index (χ4v) is 1.85. The Hall–Kier alpha value is -2.17. The topological polar surface area (TPSA) is 83.5 Å². The number of carbonyl (C=O) groups excluding carboxylic acids is 2. The highest BCUT2D eigenvalue weighted by atomic mass is 16.4. The second-order valence-corrected chi connectivity index (χ2v) is 3.87. The van der Waals surface area contributed by atoms with Crippen LogP contribution in [0.2, 0.25) is 0 Å². The largest absolute Gasteiger partial charge is 0.475 e. The van der Waals surface area contributed by atoms with E-state index in [9.17, 15) is 14.4 Å². The van der Waals surface area contributed by atoms with E-state index in [1.807, 2.05) is 0 Å². The number of aryl methyl sites for hydroxylation is 1. The standard InChI is InChI=1S/C12H11NO4/c14-10(12(16)17)8-4-3-7-2-1-5-13-11(15)9(7)6-8/h3-4,6H,1-2,5H2,(H,13,15)(H,16,17). The fraction of sp³-hybridized carbons (Fsp3) is 0.250. The molecule has 0 aliphatic carbocycles. The Labute approximate surface area is 97.4 Å². The SMILES string of the molecule is O=C(O)C(=O)c1ccc2c(c1)C(=O)NCCC2. The van der Waals surface area contributed by atoms with Crippen molar-refractivity contribution in [1.82, 2.24) is 5.32 Å². The number of carbonyl (C=O) groups is 3. The van der Waals surface area contributed by atoms with Crippen molar-refractivity contribution in [3.63, 3.8) is 0 Å². The lowest BCUT2D eigenvalue weighted by atomic mass is 9.99. The van der Waals surface area contributed by atoms with Crippen LogP contribution < -0.4 is 5.32 Å². The molecule has 5 nitrogen and oxygen atoms in total. The maximum Gasteiger partial charge on any atom is 0.377 e. The lowest BCUT2D eigenvalue weighted by Gasteiger charge is -2.05. The predicted molar refractivity (Wildman–Crippen MR) is 59.1 cm³/mol. The monoisotopic (exact) mass is 233 g/mol. The third-order valence-electron chi connectivity index (χ3n) is 2.72. The first-order valence-electron chi connectivity index (χ1n) is 5.28. The molecule has 1 aromatic rings. The molecule has 2 N–H and O–H groups in total. The number of benzene rings is 1. The minimum Gasteiger partial charge on any atom is -0.475 e. The van der Waals surface area contributed by atoms with E-state index in [1.54, 1.807) is 6.07 Å². The number of hydrogen-bond donors (Lipinski definition) is 2. The highest BCUT2D eigenvalue weighted by Crippen LogP contribution is 2.17. The molecule has 0 saturated heterocycles. The maximum absolute atomic E-state index is 11.7. The summed E-state index contributed by atoms with van der Waals surface area (Å²) in [6.07, 6.45) is 1.58. The van der Waals surface area contributed by atoms with Gasteiger partial charge >= 0.3 is 5.97 Å². The highest BCUT2D eigenvalue weighted by Gasteiger charge is 2.20. The van der Waals surface area contributed by atoms with Crippen LogP contribution in [0.3, 0.4) is 0 Å². The van der Waals surface area contributed by atoms with E-state index >= 15 is 0 Å². The van der Waals surface area contributed by atoms with E-state index in [0.717, 1.165) is 18.4 Å². The average Bonchev–Trinajstić information content (AvgIpc) is 2.50. The predicted octanol–water partition coefficient (Wildman–Crippen LogP) is 0.630. The third kappa shape index (κ3) is 2.18. The summed E-state index contributed by atoms with van der Waals surface area (Å²) in [6, 6.07) is 4.46. The van der Waals surface area contributed by atoms with Crippen LogP contribution in [0.25, 0.3) is 0 Å². The molecule has 5 heteroatoms. The van der Waals surface area contributed by atoms with Crippen molar-refractivity contribution in [1.29, 1.82) is 0 Å². The van der Waals surface area contributed by atoms with Gasteiger partial charge < -0.3 is 10.4 Å². The number of carboxylic acid groups (broad SMARTS) is 1. The molecule has 88 valence electrons. The van der Waals surface area contributed by atoms with Gasteiger partial charge in [0.1, 0.15) is 0 Å². The minimum absolute atomic E-state index is 0.0355. The Morgan fingerprint density at radius 3 is 2.76 bits per heavy atom. The Balaban J connectivity index is 2.45. The summed E-state index contributed by atoms with van der Waals surface area (Å²) < 4.78 is 0. The molecule has 1 aromatic carbocycles. The van der Waals surface area contributed by atoms with Gasteiger partial charge in [-0.15, -0.1) is 0 Å². The second kappa shape index (κ2) is 4.37. The summed E-state index contributed by atoms with van der Waals surface area (Å²) >= 11 is 0. The molecule has 0 spiro atoms. The Bertz CT molecular complexity index is 507. The van der Waals surface area contributed by atoms with Gasteiger partial charge in [0.25, 0.3) is 11.7 Å². The number of amides is 1. The van der Waals surface area contributed by atoms with Crippen molar-refractivity contribution >= 4 is 17.7 Å². The molecule has 0 bridgehead atoms. The Kier molecular flexibility index (Phi) is 2.91. The van der Waals surface area contributed by atoms with E-state index in [2.05, 4.69) is 5.32 Å². The maximum atomic E-state index is 11.7. The van der Waals surface area contributed by atoms with Gasteiger partial charge in [0.2, 0.25) is 0 Å². The molecule has 17 heavy (non-hydrogen) atoms. The van der Waals surface area contributed by atoms with Crippen LogP contribution in [0, 0.1) is 0 Å². The van der Waals surface area contributed by atoms with Crippen molar-refractivity contribution in [2.75, 3.05) is 6.54 Å². The summed E-state index contributed by atoms with van der Waals surface area (Å²) in [4.78, 5) is 33.5. The zero-order valence-electron chi connectivity index (χ0n) is 9.03. The van der Waals surface area contributed by atoms with E-state index in [-0.39, 0.29) is 11.5 Å². The molecule has 1 aliphatic heterocycles. The molecule has 1 amide bonds. The molecule has 0 radical (unpaired) electrons. The quantitative estimate of drug-likeness (QED) is 0.579. The molecule has 0 saturated carbocycles. The van der Waals surface area contributed by atoms with Crippen molar-refractivity contribution in [2.45, 2.75) is 12.8 Å². The molecule has 1 heterocycles. The first-order chi connectivity index (χ1) is 8.09. The van der Waals surface area contributed by atoms with Gasteiger partial charge in [-0.3, -0.25) is 9.59 Å². The van der Waals surface area contributed by atoms with Crippen molar-refractivity contribution in [3.05, 3.63) is 34.9 Å². The summed E-state index contributed by atoms with van der Waals surface area (Å²) in [6.45, 7) is 0.593. The van der Waals surface area contributed by atoms with Crippen LogP contribution in [0.4, 0.5) is 0 Å². The number of ketones is 1. The van der Waals surface area contributed by atoms with Crippen molar-refractivity contribution in [2.24, 2.45) is 0 Å². The first kappa shape index (κ1) is 11.3. The lowest BCUT2D eigenvalue weighted by molar-refractivity contribution is -0.131. The van der Waals surface area contributed by atoms with Gasteiger partial charge in [0.05, 0.1) is 0 Å². The Morgan fingerprint density at radius 2 is 2.06 bits per heavy atom. The molecule has 0 unspecified atom stereocenters. The van der Waals surface area contributed by atoms with Gasteiger partial charge in [-0.2, -0.15) is 0 Å². The van der Waals surface area contributed by atoms with Crippen LogP contribution in [0.15, 0.2) is 18.2 Å². The van der Waals surface area contributed by atoms with Gasteiger partial charge in [-0.25, -0.2) is 4.79 Å². The first-order valence-corrected chi connectivity index (χ1v) is 5.28. The van der Waals surface area contributed by atoms with E-state index in [1.165, 1.54) is 12.1 Å². The van der Waals surface area contributed by atoms with Crippen molar-refractivity contribution in [3.8, 4) is 0 Å². The molecular formula is C12H11NO4. The van der Waals surface area contributed by atoms with Crippen LogP contribution in [-0.2, 0) is 11.2 Å².